The topological polar surface area (TPSA) is 108 Å². The van der Waals surface area contributed by atoms with E-state index in [0.717, 1.165) is 18.2 Å². The van der Waals surface area contributed by atoms with Crippen LogP contribution >= 0.6 is 10.6 Å². The number of amides is 1. The van der Waals surface area contributed by atoms with Gasteiger partial charge in [0.2, 0.25) is 5.91 Å². The first-order valence-corrected chi connectivity index (χ1v) is 16.5. The van der Waals surface area contributed by atoms with Crippen LogP contribution in [0.5, 0.6) is 0 Å². The maximum Gasteiger partial charge on any atom is 0.437 e. The summed E-state index contributed by atoms with van der Waals surface area (Å²) in [4.78, 5) is 17.6. The zero-order valence-corrected chi connectivity index (χ0v) is 23.8. The van der Waals surface area contributed by atoms with Crippen molar-refractivity contribution < 1.29 is 57.4 Å². The summed E-state index contributed by atoms with van der Waals surface area (Å²) in [5, 5.41) is 0. The molecule has 2 atom stereocenters. The molecule has 2 unspecified atom stereocenters. The Balaban J connectivity index is 1.65. The van der Waals surface area contributed by atoms with Gasteiger partial charge in [-0.15, -0.1) is 0 Å². The fourth-order valence-electron chi connectivity index (χ4n) is 6.54. The summed E-state index contributed by atoms with van der Waals surface area (Å²) >= 11 is 0. The molecule has 0 bridgehead atoms. The third-order valence-corrected chi connectivity index (χ3v) is 13.0. The second-order valence-electron chi connectivity index (χ2n) is 11.1. The summed E-state index contributed by atoms with van der Waals surface area (Å²) in [6.45, 7) is -0.176. The highest BCUT2D eigenvalue weighted by Crippen LogP contribution is 2.56. The zero-order chi connectivity index (χ0) is 31.8. The smallest absolute Gasteiger partial charge is 0.337 e. The van der Waals surface area contributed by atoms with Gasteiger partial charge in [0.1, 0.15) is 10.6 Å². The summed E-state index contributed by atoms with van der Waals surface area (Å²) < 4.78 is 156. The van der Waals surface area contributed by atoms with E-state index in [9.17, 15) is 57.4 Å². The standard InChI is InChI=1S/C26H26F8N2O5S2/c27-17-2-1-3-18(13-17)43(40,41)23-8-9-36(22(37)15-6-10-42(38,39)11-7-15)21(23)5-4-16-12-20(35-14-19(16)23)24(28,25(29,30)31)26(32,33)34/h1-3,12-15,21,38-39H,4-11H2. The highest BCUT2D eigenvalue weighted by molar-refractivity contribution is 8.24. The summed E-state index contributed by atoms with van der Waals surface area (Å²) in [7, 11) is -7.56. The lowest BCUT2D eigenvalue weighted by Crippen LogP contribution is -2.54. The molecule has 2 fully saturated rings. The first-order valence-electron chi connectivity index (χ1n) is 13.1. The van der Waals surface area contributed by atoms with Gasteiger partial charge in [-0.3, -0.25) is 18.9 Å². The van der Waals surface area contributed by atoms with Crippen molar-refractivity contribution in [2.24, 2.45) is 5.92 Å². The molecule has 2 N–H and O–H groups in total. The molecule has 17 heteroatoms. The second-order valence-corrected chi connectivity index (χ2v) is 15.7. The number of carbonyl (C=O) groups excluding carboxylic acids is 1. The van der Waals surface area contributed by atoms with Crippen molar-refractivity contribution >= 4 is 26.3 Å². The number of benzene rings is 1. The van der Waals surface area contributed by atoms with Gasteiger partial charge in [0.15, 0.2) is 9.84 Å². The summed E-state index contributed by atoms with van der Waals surface area (Å²) in [6, 6.07) is 2.98. The van der Waals surface area contributed by atoms with Crippen LogP contribution in [-0.2, 0) is 31.5 Å². The minimum absolute atomic E-state index is 0.0342. The molecule has 5 rings (SSSR count). The maximum absolute atomic E-state index is 14.9. The number of hydrogen-bond acceptors (Lipinski definition) is 6. The Morgan fingerprint density at radius 1 is 1.00 bits per heavy atom. The predicted molar refractivity (Wildman–Crippen MR) is 138 cm³/mol. The van der Waals surface area contributed by atoms with Crippen LogP contribution in [0.1, 0.15) is 42.5 Å². The number of likely N-dealkylation sites (tertiary alicyclic amines) is 1. The minimum Gasteiger partial charge on any atom is -0.337 e. The molecule has 1 aliphatic carbocycles. The number of halogens is 8. The molecule has 0 radical (unpaired) electrons. The average Bonchev–Trinajstić information content (AvgIpc) is 3.32. The molecule has 1 aromatic carbocycles. The molecule has 7 nitrogen and oxygen atoms in total. The molecular weight excluding hydrogens is 636 g/mol. The highest BCUT2D eigenvalue weighted by Gasteiger charge is 2.75. The van der Waals surface area contributed by atoms with Crippen molar-refractivity contribution in [2.75, 3.05) is 18.1 Å². The van der Waals surface area contributed by atoms with E-state index < -0.39 is 77.5 Å². The molecule has 43 heavy (non-hydrogen) atoms. The van der Waals surface area contributed by atoms with Crippen LogP contribution in [0.25, 0.3) is 0 Å². The molecular formula is C26H26F8N2O5S2. The van der Waals surface area contributed by atoms with E-state index in [-0.39, 0.29) is 67.3 Å². The number of nitrogens with zero attached hydrogens (tertiary/aromatic N) is 2. The van der Waals surface area contributed by atoms with Crippen molar-refractivity contribution in [3.8, 4) is 0 Å². The van der Waals surface area contributed by atoms with Gasteiger partial charge in [0, 0.05) is 30.2 Å². The molecule has 1 aromatic heterocycles. The van der Waals surface area contributed by atoms with Crippen LogP contribution in [0.15, 0.2) is 41.4 Å². The summed E-state index contributed by atoms with van der Waals surface area (Å²) in [5.41, 5.74) is -8.46. The Hall–Kier alpha value is -2.50. The van der Waals surface area contributed by atoms with E-state index in [1.807, 2.05) is 0 Å². The fourth-order valence-corrected chi connectivity index (χ4v) is 10.4. The van der Waals surface area contributed by atoms with Crippen LogP contribution in [0, 0.1) is 11.7 Å². The third kappa shape index (κ3) is 4.90. The molecule has 0 spiro atoms. The number of alkyl halides is 7. The molecule has 1 amide bonds. The number of sulfone groups is 1. The average molecular weight is 663 g/mol. The van der Waals surface area contributed by atoms with Crippen LogP contribution in [0.2, 0.25) is 0 Å². The first kappa shape index (κ1) is 31.9. The zero-order valence-electron chi connectivity index (χ0n) is 22.1. The second kappa shape index (κ2) is 10.3. The number of carbonyl (C=O) groups is 1. The Morgan fingerprint density at radius 2 is 1.63 bits per heavy atom. The minimum atomic E-state index is -6.44. The van der Waals surface area contributed by atoms with E-state index in [1.165, 1.54) is 4.90 Å². The molecule has 3 aliphatic rings. The van der Waals surface area contributed by atoms with E-state index in [1.54, 1.807) is 0 Å². The van der Waals surface area contributed by atoms with Gasteiger partial charge in [-0.25, -0.2) is 17.2 Å². The molecule has 0 saturated carbocycles. The van der Waals surface area contributed by atoms with Gasteiger partial charge >= 0.3 is 18.0 Å². The van der Waals surface area contributed by atoms with Crippen LogP contribution in [0.4, 0.5) is 35.1 Å². The first-order chi connectivity index (χ1) is 19.8. The lowest BCUT2D eigenvalue weighted by Gasteiger charge is -2.44. The summed E-state index contributed by atoms with van der Waals surface area (Å²) in [6.07, 6.45) is -13.0. The van der Waals surface area contributed by atoms with Crippen molar-refractivity contribution in [2.45, 2.75) is 65.8 Å². The van der Waals surface area contributed by atoms with E-state index >= 15 is 0 Å². The number of aryl methyl sites for hydroxylation is 1. The van der Waals surface area contributed by atoms with E-state index in [2.05, 4.69) is 4.98 Å². The fraction of sp³-hybridized carbons (Fsp3) is 0.538. The van der Waals surface area contributed by atoms with Crippen molar-refractivity contribution in [3.63, 3.8) is 0 Å². The lowest BCUT2D eigenvalue weighted by atomic mass is 9.78. The Kier molecular flexibility index (Phi) is 7.62. The number of pyridine rings is 1. The number of hydrogen-bond donors (Lipinski definition) is 2. The number of rotatable bonds is 4. The molecule has 238 valence electrons. The SMILES string of the molecule is O=C(C1CCS(O)(O)CC1)N1CCC2(S(=O)(=O)c3cccc(F)c3)c3cnc(C(F)(C(F)(F)F)C(F)(F)F)cc3CCC12. The molecule has 2 aromatic rings. The molecule has 2 saturated heterocycles. The van der Waals surface area contributed by atoms with Gasteiger partial charge in [-0.1, -0.05) is 6.07 Å². The van der Waals surface area contributed by atoms with Crippen molar-refractivity contribution in [1.29, 1.82) is 0 Å². The van der Waals surface area contributed by atoms with Gasteiger partial charge in [-0.2, -0.15) is 36.9 Å². The predicted octanol–water partition coefficient (Wildman–Crippen LogP) is 5.89. The van der Waals surface area contributed by atoms with Gasteiger partial charge in [0.25, 0.3) is 0 Å². The largest absolute Gasteiger partial charge is 0.437 e. The van der Waals surface area contributed by atoms with E-state index in [4.69, 9.17) is 0 Å². The lowest BCUT2D eigenvalue weighted by molar-refractivity contribution is -0.350. The molecule has 3 heterocycles. The van der Waals surface area contributed by atoms with Crippen LogP contribution < -0.4 is 0 Å². The Bertz CT molecular complexity index is 1520. The highest BCUT2D eigenvalue weighted by atomic mass is 32.3. The Labute approximate surface area is 242 Å². The van der Waals surface area contributed by atoms with Crippen molar-refractivity contribution in [1.82, 2.24) is 9.88 Å². The van der Waals surface area contributed by atoms with E-state index in [0.29, 0.717) is 12.3 Å². The molecule has 2 aliphatic heterocycles. The van der Waals surface area contributed by atoms with Crippen LogP contribution in [0.3, 0.4) is 0 Å². The normalized spacial score (nSPS) is 25.6. The summed E-state index contributed by atoms with van der Waals surface area (Å²) in [5.74, 6) is -2.16. The van der Waals surface area contributed by atoms with Gasteiger partial charge in [-0.05, 0) is 67.5 Å². The van der Waals surface area contributed by atoms with Crippen molar-refractivity contribution in [3.05, 3.63) is 59.2 Å². The number of aromatic nitrogens is 1. The Morgan fingerprint density at radius 3 is 2.21 bits per heavy atom. The quantitative estimate of drug-likeness (QED) is 0.396. The van der Waals surface area contributed by atoms with Gasteiger partial charge in [0.05, 0.1) is 16.6 Å². The maximum atomic E-state index is 14.9. The third-order valence-electron chi connectivity index (χ3n) is 8.71. The number of fused-ring (bicyclic) bond motifs is 3. The van der Waals surface area contributed by atoms with Crippen LogP contribution in [-0.4, -0.2) is 69.8 Å². The van der Waals surface area contributed by atoms with Gasteiger partial charge < -0.3 is 4.90 Å². The monoisotopic (exact) mass is 662 g/mol.